The van der Waals surface area contributed by atoms with Gasteiger partial charge in [0.2, 0.25) is 0 Å². The number of imide groups is 1. The maximum absolute atomic E-state index is 13.0. The minimum Gasteiger partial charge on any atom is -0.452 e. The zero-order valence-corrected chi connectivity index (χ0v) is 18.3. The Labute approximate surface area is 194 Å². The second-order valence-electron chi connectivity index (χ2n) is 7.43. The number of carbonyl (C=O) groups is 4. The molecule has 0 bridgehead atoms. The average Bonchev–Trinajstić information content (AvgIpc) is 3.08. The zero-order valence-electron chi connectivity index (χ0n) is 17.6. The number of carbonyl (C=O) groups excluding carboxylic acids is 4. The number of fused-ring (bicyclic) bond motifs is 1. The van der Waals surface area contributed by atoms with Crippen LogP contribution in [0.1, 0.15) is 49.6 Å². The smallest absolute Gasteiger partial charge is 0.338 e. The number of nitrogens with one attached hydrogen (secondary N) is 1. The van der Waals surface area contributed by atoms with Crippen LogP contribution in [-0.4, -0.2) is 35.2 Å². The quantitative estimate of drug-likeness (QED) is 0.430. The van der Waals surface area contributed by atoms with Gasteiger partial charge in [-0.3, -0.25) is 19.3 Å². The van der Waals surface area contributed by atoms with E-state index in [9.17, 15) is 19.2 Å². The molecule has 0 aliphatic carbocycles. The molecule has 4 rings (SSSR count). The van der Waals surface area contributed by atoms with Gasteiger partial charge in [0.1, 0.15) is 0 Å². The largest absolute Gasteiger partial charge is 0.452 e. The van der Waals surface area contributed by atoms with Crippen LogP contribution in [0, 0.1) is 0 Å². The van der Waals surface area contributed by atoms with Crippen LogP contribution in [0.15, 0.2) is 72.8 Å². The van der Waals surface area contributed by atoms with Crippen LogP contribution in [-0.2, 0) is 9.53 Å². The van der Waals surface area contributed by atoms with Gasteiger partial charge in [0, 0.05) is 0 Å². The number of amides is 3. The summed E-state index contributed by atoms with van der Waals surface area (Å²) in [5, 5.41) is 2.91. The van der Waals surface area contributed by atoms with E-state index in [1.807, 2.05) is 30.3 Å². The Morgan fingerprint density at radius 2 is 1.61 bits per heavy atom. The molecule has 3 amide bonds. The molecule has 0 radical (unpaired) electrons. The third-order valence-corrected chi connectivity index (χ3v) is 5.63. The van der Waals surface area contributed by atoms with Crippen LogP contribution >= 0.6 is 11.6 Å². The van der Waals surface area contributed by atoms with E-state index in [4.69, 9.17) is 16.3 Å². The van der Waals surface area contributed by atoms with Crippen molar-refractivity contribution in [2.24, 2.45) is 0 Å². The van der Waals surface area contributed by atoms with Gasteiger partial charge in [0.25, 0.3) is 17.7 Å². The number of ether oxygens (including phenoxy) is 1. The van der Waals surface area contributed by atoms with Crippen LogP contribution < -0.4 is 5.32 Å². The number of para-hydroxylation sites is 1. The monoisotopic (exact) mass is 462 g/mol. The van der Waals surface area contributed by atoms with Gasteiger partial charge in [-0.25, -0.2) is 4.79 Å². The zero-order chi connectivity index (χ0) is 23.5. The molecule has 1 aliphatic rings. The summed E-state index contributed by atoms with van der Waals surface area (Å²) in [5.41, 5.74) is 1.62. The van der Waals surface area contributed by atoms with E-state index < -0.39 is 36.3 Å². The van der Waals surface area contributed by atoms with Gasteiger partial charge in [-0.05, 0) is 42.8 Å². The van der Waals surface area contributed by atoms with Crippen molar-refractivity contribution in [3.8, 4) is 0 Å². The fraction of sp³-hybridized carbons (Fsp3) is 0.120. The molecule has 0 saturated heterocycles. The van der Waals surface area contributed by atoms with Crippen molar-refractivity contribution in [2.75, 3.05) is 11.9 Å². The Balaban J connectivity index is 1.45. The molecule has 1 aliphatic heterocycles. The third-order valence-electron chi connectivity index (χ3n) is 5.31. The lowest BCUT2D eigenvalue weighted by molar-refractivity contribution is -0.119. The lowest BCUT2D eigenvalue weighted by atomic mass is 10.1. The van der Waals surface area contributed by atoms with Gasteiger partial charge in [-0.15, -0.1) is 0 Å². The predicted octanol–water partition coefficient (Wildman–Crippen LogP) is 4.49. The van der Waals surface area contributed by atoms with Gasteiger partial charge < -0.3 is 10.1 Å². The molecule has 1 atom stereocenters. The molecule has 3 aromatic rings. The van der Waals surface area contributed by atoms with Crippen LogP contribution in [0.2, 0.25) is 5.02 Å². The maximum atomic E-state index is 13.0. The van der Waals surface area contributed by atoms with Crippen molar-refractivity contribution >= 4 is 41.0 Å². The first-order valence-electron chi connectivity index (χ1n) is 10.1. The number of hydrogen-bond acceptors (Lipinski definition) is 5. The number of nitrogens with zero attached hydrogens (tertiary/aromatic N) is 1. The number of anilines is 1. The van der Waals surface area contributed by atoms with Crippen molar-refractivity contribution in [1.82, 2.24) is 4.90 Å². The van der Waals surface area contributed by atoms with Crippen LogP contribution in [0.25, 0.3) is 0 Å². The van der Waals surface area contributed by atoms with E-state index in [1.165, 1.54) is 23.1 Å². The number of halogens is 1. The number of esters is 1. The van der Waals surface area contributed by atoms with Crippen LogP contribution in [0.4, 0.5) is 5.69 Å². The second kappa shape index (κ2) is 9.26. The summed E-state index contributed by atoms with van der Waals surface area (Å²) in [5.74, 6) is -2.27. The highest BCUT2D eigenvalue weighted by Crippen LogP contribution is 2.31. The Morgan fingerprint density at radius 1 is 0.939 bits per heavy atom. The lowest BCUT2D eigenvalue weighted by Gasteiger charge is -2.22. The van der Waals surface area contributed by atoms with Crippen LogP contribution in [0.5, 0.6) is 0 Å². The van der Waals surface area contributed by atoms with Crippen molar-refractivity contribution in [3.63, 3.8) is 0 Å². The Hall–Kier alpha value is -3.97. The van der Waals surface area contributed by atoms with E-state index in [1.54, 1.807) is 31.2 Å². The van der Waals surface area contributed by atoms with E-state index in [-0.39, 0.29) is 16.7 Å². The highest BCUT2D eigenvalue weighted by atomic mass is 35.5. The summed E-state index contributed by atoms with van der Waals surface area (Å²) in [6.45, 7) is 1.23. The summed E-state index contributed by atoms with van der Waals surface area (Å²) in [6.07, 6.45) is 0. The summed E-state index contributed by atoms with van der Waals surface area (Å²) < 4.78 is 5.06. The number of benzene rings is 3. The molecule has 0 fully saturated rings. The molecular formula is C25H19ClN2O5. The van der Waals surface area contributed by atoms with Crippen molar-refractivity contribution < 1.29 is 23.9 Å². The molecule has 0 spiro atoms. The van der Waals surface area contributed by atoms with Crippen molar-refractivity contribution in [1.29, 1.82) is 0 Å². The average molecular weight is 463 g/mol. The Bertz CT molecular complexity index is 1260. The Kier molecular flexibility index (Phi) is 6.24. The van der Waals surface area contributed by atoms with Gasteiger partial charge in [0.15, 0.2) is 6.61 Å². The maximum Gasteiger partial charge on any atom is 0.338 e. The second-order valence-corrected chi connectivity index (χ2v) is 7.84. The molecule has 0 aromatic heterocycles. The Morgan fingerprint density at radius 3 is 2.33 bits per heavy atom. The van der Waals surface area contributed by atoms with Crippen molar-refractivity contribution in [3.05, 3.63) is 100 Å². The first kappa shape index (κ1) is 22.2. The summed E-state index contributed by atoms with van der Waals surface area (Å²) in [6, 6.07) is 19.5. The molecule has 8 heteroatoms. The van der Waals surface area contributed by atoms with Gasteiger partial charge in [0.05, 0.1) is 33.4 Å². The van der Waals surface area contributed by atoms with E-state index in [2.05, 4.69) is 5.32 Å². The molecule has 1 N–H and O–H groups in total. The highest BCUT2D eigenvalue weighted by molar-refractivity contribution is 6.33. The normalized spacial score (nSPS) is 13.5. The molecule has 1 heterocycles. The van der Waals surface area contributed by atoms with E-state index in [0.29, 0.717) is 10.7 Å². The highest BCUT2D eigenvalue weighted by Gasteiger charge is 2.39. The number of hydrogen-bond donors (Lipinski definition) is 1. The topological polar surface area (TPSA) is 92.8 Å². The van der Waals surface area contributed by atoms with E-state index in [0.717, 1.165) is 5.56 Å². The fourth-order valence-electron chi connectivity index (χ4n) is 3.58. The minimum atomic E-state index is -0.790. The molecular weight excluding hydrogens is 444 g/mol. The first-order chi connectivity index (χ1) is 15.9. The molecule has 7 nitrogen and oxygen atoms in total. The predicted molar refractivity (Wildman–Crippen MR) is 122 cm³/mol. The minimum absolute atomic E-state index is 0.0645. The van der Waals surface area contributed by atoms with Gasteiger partial charge in [-0.2, -0.15) is 0 Å². The van der Waals surface area contributed by atoms with E-state index >= 15 is 0 Å². The van der Waals surface area contributed by atoms with Gasteiger partial charge >= 0.3 is 5.97 Å². The third kappa shape index (κ3) is 4.49. The molecule has 33 heavy (non-hydrogen) atoms. The standard InChI is InChI=1S/C25H19ClN2O5/c1-15(16-7-3-2-4-8-16)28-23(30)18-12-11-17(13-19(18)24(28)31)25(32)33-14-22(29)27-21-10-6-5-9-20(21)26/h2-13,15H,14H2,1H3,(H,27,29)/t15-/m1/s1. The van der Waals surface area contributed by atoms with Crippen molar-refractivity contribution in [2.45, 2.75) is 13.0 Å². The van der Waals surface area contributed by atoms with Gasteiger partial charge in [-0.1, -0.05) is 54.1 Å². The molecule has 0 saturated carbocycles. The fourth-order valence-corrected chi connectivity index (χ4v) is 3.77. The summed E-state index contributed by atoms with van der Waals surface area (Å²) in [7, 11) is 0. The summed E-state index contributed by atoms with van der Waals surface area (Å²) in [4.78, 5) is 51.5. The van der Waals surface area contributed by atoms with Crippen LogP contribution in [0.3, 0.4) is 0 Å². The summed E-state index contributed by atoms with van der Waals surface area (Å²) >= 11 is 5.99. The lowest BCUT2D eigenvalue weighted by Crippen LogP contribution is -2.32. The number of rotatable bonds is 6. The first-order valence-corrected chi connectivity index (χ1v) is 10.5. The molecule has 0 unspecified atom stereocenters. The SMILES string of the molecule is C[C@H](c1ccccc1)N1C(=O)c2ccc(C(=O)OCC(=O)Nc3ccccc3Cl)cc2C1=O. The molecule has 166 valence electrons. The molecule has 3 aromatic carbocycles.